The van der Waals surface area contributed by atoms with Gasteiger partial charge in [-0.1, -0.05) is 0 Å². The number of nitrogens with zero attached hydrogens (tertiary/aromatic N) is 1. The van der Waals surface area contributed by atoms with Crippen molar-refractivity contribution in [3.8, 4) is 0 Å². The molecular weight excluding hydrogens is 200 g/mol. The average Bonchev–Trinajstić information content (AvgIpc) is 2.66. The molecule has 1 aliphatic rings. The molecule has 0 spiro atoms. The van der Waals surface area contributed by atoms with Crippen molar-refractivity contribution in [3.63, 3.8) is 0 Å². The molecule has 3 nitrogen and oxygen atoms in total. The summed E-state index contributed by atoms with van der Waals surface area (Å²) in [5.41, 5.74) is 1.26. The monoisotopic (exact) mass is 222 g/mol. The van der Waals surface area contributed by atoms with Gasteiger partial charge in [0.05, 0.1) is 12.8 Å². The van der Waals surface area contributed by atoms with E-state index in [9.17, 15) is 0 Å². The van der Waals surface area contributed by atoms with E-state index in [4.69, 9.17) is 4.42 Å². The van der Waals surface area contributed by atoms with Crippen molar-refractivity contribution in [2.75, 3.05) is 26.7 Å². The van der Waals surface area contributed by atoms with E-state index in [1.807, 2.05) is 6.07 Å². The topological polar surface area (TPSA) is 28.4 Å². The molecule has 3 heteroatoms. The maximum atomic E-state index is 5.47. The van der Waals surface area contributed by atoms with Crippen LogP contribution >= 0.6 is 0 Å². The number of aryl methyl sites for hydroxylation is 1. The quantitative estimate of drug-likeness (QED) is 0.845. The lowest BCUT2D eigenvalue weighted by atomic mass is 9.98. The normalized spacial score (nSPS) is 18.2. The smallest absolute Gasteiger partial charge is 0.120 e. The minimum Gasteiger partial charge on any atom is -0.468 e. The Labute approximate surface area is 97.8 Å². The SMILES string of the molecule is Cc1ccoc1CN(C)CC1CCNCC1. The van der Waals surface area contributed by atoms with Gasteiger partial charge in [-0.2, -0.15) is 0 Å². The number of hydrogen-bond acceptors (Lipinski definition) is 3. The first-order chi connectivity index (χ1) is 7.75. The maximum Gasteiger partial charge on any atom is 0.120 e. The molecule has 0 unspecified atom stereocenters. The zero-order chi connectivity index (χ0) is 11.4. The van der Waals surface area contributed by atoms with E-state index in [1.54, 1.807) is 6.26 Å². The molecule has 2 rings (SSSR count). The van der Waals surface area contributed by atoms with Crippen LogP contribution in [0.25, 0.3) is 0 Å². The molecule has 1 aliphatic heterocycles. The number of furan rings is 1. The van der Waals surface area contributed by atoms with Crippen LogP contribution in [0.2, 0.25) is 0 Å². The van der Waals surface area contributed by atoms with E-state index in [1.165, 1.54) is 38.0 Å². The van der Waals surface area contributed by atoms with Gasteiger partial charge in [-0.3, -0.25) is 4.90 Å². The van der Waals surface area contributed by atoms with Crippen molar-refractivity contribution in [3.05, 3.63) is 23.7 Å². The first-order valence-electron chi connectivity index (χ1n) is 6.18. The predicted octanol–water partition coefficient (Wildman–Crippen LogP) is 2.02. The fourth-order valence-corrected chi connectivity index (χ4v) is 2.38. The van der Waals surface area contributed by atoms with Gasteiger partial charge in [-0.25, -0.2) is 0 Å². The Kier molecular flexibility index (Phi) is 4.02. The van der Waals surface area contributed by atoms with Gasteiger partial charge in [0.25, 0.3) is 0 Å². The second-order valence-electron chi connectivity index (χ2n) is 4.92. The summed E-state index contributed by atoms with van der Waals surface area (Å²) < 4.78 is 5.47. The molecule has 0 atom stereocenters. The van der Waals surface area contributed by atoms with Crippen LogP contribution in [0.15, 0.2) is 16.7 Å². The summed E-state index contributed by atoms with van der Waals surface area (Å²) in [5, 5.41) is 3.41. The maximum absolute atomic E-state index is 5.47. The van der Waals surface area contributed by atoms with Crippen molar-refractivity contribution in [1.82, 2.24) is 10.2 Å². The zero-order valence-electron chi connectivity index (χ0n) is 10.3. The lowest BCUT2D eigenvalue weighted by Crippen LogP contribution is -2.34. The van der Waals surface area contributed by atoms with Crippen molar-refractivity contribution < 1.29 is 4.42 Å². The Bertz CT molecular complexity index is 315. The third-order valence-electron chi connectivity index (χ3n) is 3.41. The van der Waals surface area contributed by atoms with Crippen LogP contribution in [0.5, 0.6) is 0 Å². The molecule has 1 aromatic heterocycles. The molecular formula is C13H22N2O. The van der Waals surface area contributed by atoms with Crippen LogP contribution in [-0.4, -0.2) is 31.6 Å². The van der Waals surface area contributed by atoms with Crippen molar-refractivity contribution in [2.24, 2.45) is 5.92 Å². The fraction of sp³-hybridized carbons (Fsp3) is 0.692. The summed E-state index contributed by atoms with van der Waals surface area (Å²) in [7, 11) is 2.18. The lowest BCUT2D eigenvalue weighted by molar-refractivity contribution is 0.221. The lowest BCUT2D eigenvalue weighted by Gasteiger charge is -2.27. The summed E-state index contributed by atoms with van der Waals surface area (Å²) in [5.74, 6) is 1.96. The van der Waals surface area contributed by atoms with E-state index in [2.05, 4.69) is 24.2 Å². The van der Waals surface area contributed by atoms with Crippen molar-refractivity contribution in [2.45, 2.75) is 26.3 Å². The van der Waals surface area contributed by atoms with Crippen LogP contribution < -0.4 is 5.32 Å². The molecule has 0 radical (unpaired) electrons. The van der Waals surface area contributed by atoms with E-state index in [0.29, 0.717) is 0 Å². The molecule has 0 saturated carbocycles. The molecule has 2 heterocycles. The highest BCUT2D eigenvalue weighted by Crippen LogP contribution is 2.16. The highest BCUT2D eigenvalue weighted by Gasteiger charge is 2.16. The second kappa shape index (κ2) is 5.51. The molecule has 1 N–H and O–H groups in total. The molecule has 90 valence electrons. The number of piperidine rings is 1. The molecule has 1 aromatic rings. The van der Waals surface area contributed by atoms with Crippen LogP contribution in [0, 0.1) is 12.8 Å². The highest BCUT2D eigenvalue weighted by molar-refractivity contribution is 5.14. The summed E-state index contributed by atoms with van der Waals surface area (Å²) in [4.78, 5) is 2.38. The van der Waals surface area contributed by atoms with Gasteiger partial charge in [0.15, 0.2) is 0 Å². The molecule has 1 saturated heterocycles. The van der Waals surface area contributed by atoms with Gasteiger partial charge in [0, 0.05) is 6.54 Å². The Morgan fingerprint density at radius 1 is 1.44 bits per heavy atom. The van der Waals surface area contributed by atoms with Crippen LogP contribution in [0.3, 0.4) is 0 Å². The van der Waals surface area contributed by atoms with Gasteiger partial charge in [0.2, 0.25) is 0 Å². The second-order valence-corrected chi connectivity index (χ2v) is 4.92. The first-order valence-corrected chi connectivity index (χ1v) is 6.18. The number of hydrogen-bond donors (Lipinski definition) is 1. The van der Waals surface area contributed by atoms with Crippen LogP contribution in [-0.2, 0) is 6.54 Å². The zero-order valence-corrected chi connectivity index (χ0v) is 10.3. The van der Waals surface area contributed by atoms with Gasteiger partial charge in [0.1, 0.15) is 5.76 Å². The Balaban J connectivity index is 1.79. The average molecular weight is 222 g/mol. The van der Waals surface area contributed by atoms with E-state index < -0.39 is 0 Å². The van der Waals surface area contributed by atoms with Crippen molar-refractivity contribution >= 4 is 0 Å². The Morgan fingerprint density at radius 3 is 2.81 bits per heavy atom. The summed E-state index contributed by atoms with van der Waals surface area (Å²) in [6, 6.07) is 2.04. The molecule has 1 fully saturated rings. The van der Waals surface area contributed by atoms with Gasteiger partial charge < -0.3 is 9.73 Å². The third kappa shape index (κ3) is 3.09. The van der Waals surface area contributed by atoms with Gasteiger partial charge in [-0.15, -0.1) is 0 Å². The predicted molar refractivity (Wildman–Crippen MR) is 65.4 cm³/mol. The fourth-order valence-electron chi connectivity index (χ4n) is 2.38. The van der Waals surface area contributed by atoms with Crippen LogP contribution in [0.1, 0.15) is 24.2 Å². The van der Waals surface area contributed by atoms with Gasteiger partial charge >= 0.3 is 0 Å². The molecule has 0 aliphatic carbocycles. The minimum absolute atomic E-state index is 0.849. The van der Waals surface area contributed by atoms with E-state index in [-0.39, 0.29) is 0 Å². The van der Waals surface area contributed by atoms with E-state index >= 15 is 0 Å². The van der Waals surface area contributed by atoms with Crippen LogP contribution in [0.4, 0.5) is 0 Å². The number of nitrogens with one attached hydrogen (secondary N) is 1. The van der Waals surface area contributed by atoms with Gasteiger partial charge in [-0.05, 0) is 57.5 Å². The molecule has 16 heavy (non-hydrogen) atoms. The highest BCUT2D eigenvalue weighted by atomic mass is 16.3. The number of rotatable bonds is 4. The standard InChI is InChI=1S/C13H22N2O/c1-11-5-8-16-13(11)10-15(2)9-12-3-6-14-7-4-12/h5,8,12,14H,3-4,6-7,9-10H2,1-2H3. The van der Waals surface area contributed by atoms with Crippen molar-refractivity contribution in [1.29, 1.82) is 0 Å². The third-order valence-corrected chi connectivity index (χ3v) is 3.41. The minimum atomic E-state index is 0.849. The summed E-state index contributed by atoms with van der Waals surface area (Å²) in [6.45, 7) is 6.58. The Hall–Kier alpha value is -0.800. The summed E-state index contributed by atoms with van der Waals surface area (Å²) in [6.07, 6.45) is 4.39. The molecule has 0 amide bonds. The largest absolute Gasteiger partial charge is 0.468 e. The van der Waals surface area contributed by atoms with E-state index in [0.717, 1.165) is 18.2 Å². The Morgan fingerprint density at radius 2 is 2.19 bits per heavy atom. The summed E-state index contributed by atoms with van der Waals surface area (Å²) >= 11 is 0. The molecule has 0 bridgehead atoms. The first kappa shape index (κ1) is 11.7. The molecule has 0 aromatic carbocycles.